The number of hydrogen-bond acceptors (Lipinski definition) is 5. The maximum absolute atomic E-state index is 13.3. The number of esters is 1. The van der Waals surface area contributed by atoms with Crippen molar-refractivity contribution < 1.29 is 23.8 Å². The molecule has 0 spiro atoms. The Kier molecular flexibility index (Phi) is 10.3. The number of amides is 1. The molecule has 0 saturated carbocycles. The van der Waals surface area contributed by atoms with E-state index in [4.69, 9.17) is 14.2 Å². The first-order valence-corrected chi connectivity index (χ1v) is 10.9. The number of ether oxygens (including phenoxy) is 3. The van der Waals surface area contributed by atoms with Crippen molar-refractivity contribution in [2.75, 3.05) is 19.0 Å². The molecule has 1 aromatic carbocycles. The van der Waals surface area contributed by atoms with E-state index in [1.807, 2.05) is 13.8 Å². The van der Waals surface area contributed by atoms with Gasteiger partial charge in [0.15, 0.2) is 0 Å². The highest BCUT2D eigenvalue weighted by molar-refractivity contribution is 5.99. The molecule has 6 heteroatoms. The van der Waals surface area contributed by atoms with E-state index in [1.54, 1.807) is 32.2 Å². The van der Waals surface area contributed by atoms with Gasteiger partial charge in [0.05, 0.1) is 12.7 Å². The number of nitrogens with one attached hydrogen (secondary N) is 1. The lowest BCUT2D eigenvalue weighted by atomic mass is 9.84. The molecule has 1 rings (SSSR count). The van der Waals surface area contributed by atoms with Crippen molar-refractivity contribution in [3.63, 3.8) is 0 Å². The summed E-state index contributed by atoms with van der Waals surface area (Å²) in [6.45, 7) is 14.2. The van der Waals surface area contributed by atoms with Gasteiger partial charge in [-0.15, -0.1) is 0 Å². The molecule has 6 nitrogen and oxygen atoms in total. The fourth-order valence-electron chi connectivity index (χ4n) is 3.47. The molecule has 1 N–H and O–H groups in total. The molecule has 0 aromatic heterocycles. The second-order valence-electron chi connectivity index (χ2n) is 8.62. The first kappa shape index (κ1) is 26.0. The molecule has 0 radical (unpaired) electrons. The van der Waals surface area contributed by atoms with Crippen LogP contribution in [0.1, 0.15) is 78.1 Å². The van der Waals surface area contributed by atoms with Crippen molar-refractivity contribution >= 4 is 17.6 Å². The van der Waals surface area contributed by atoms with Crippen LogP contribution in [0.5, 0.6) is 5.75 Å². The molecule has 1 aromatic rings. The van der Waals surface area contributed by atoms with Gasteiger partial charge in [0.25, 0.3) is 5.91 Å². The topological polar surface area (TPSA) is 73.9 Å². The normalized spacial score (nSPS) is 12.7. The minimum absolute atomic E-state index is 0.0446. The predicted molar refractivity (Wildman–Crippen MR) is 120 cm³/mol. The van der Waals surface area contributed by atoms with Crippen LogP contribution in [-0.2, 0) is 14.3 Å². The molecular weight excluding hydrogens is 382 g/mol. The third-order valence-corrected chi connectivity index (χ3v) is 4.92. The number of methoxy groups -OCH3 is 1. The molecule has 0 aliphatic rings. The largest absolute Gasteiger partial charge is 0.490 e. The summed E-state index contributed by atoms with van der Waals surface area (Å²) in [6.07, 6.45) is 1.97. The molecule has 170 valence electrons. The molecule has 0 bridgehead atoms. The Balaban J connectivity index is 3.24. The van der Waals surface area contributed by atoms with Crippen LogP contribution in [0.15, 0.2) is 18.2 Å². The van der Waals surface area contributed by atoms with E-state index in [9.17, 15) is 9.59 Å². The average molecular weight is 422 g/mol. The van der Waals surface area contributed by atoms with Gasteiger partial charge in [0, 0.05) is 12.8 Å². The SMILES string of the molecule is CCOC(=O)c1cc(NC(=O)C(CC(C)C)(CC(C)C)OC)ccc1O[C@@H](C)CC. The van der Waals surface area contributed by atoms with Crippen molar-refractivity contribution in [2.45, 2.75) is 79.4 Å². The van der Waals surface area contributed by atoms with E-state index in [2.05, 4.69) is 33.0 Å². The second-order valence-corrected chi connectivity index (χ2v) is 8.62. The Labute approximate surface area is 181 Å². The van der Waals surface area contributed by atoms with Gasteiger partial charge < -0.3 is 19.5 Å². The standard InChI is InChI=1S/C24H39NO5/c1-9-18(7)30-21-12-11-19(13-20(21)22(26)29-10-2)25-23(27)24(28-8,14-16(3)4)15-17(5)6/h11-13,16-18H,9-10,14-15H2,1-8H3,(H,25,27)/t18-/m0/s1. The van der Waals surface area contributed by atoms with Crippen LogP contribution in [0, 0.1) is 11.8 Å². The molecule has 1 atom stereocenters. The molecular formula is C24H39NO5. The fraction of sp³-hybridized carbons (Fsp3) is 0.667. The summed E-state index contributed by atoms with van der Waals surface area (Å²) < 4.78 is 16.8. The fourth-order valence-corrected chi connectivity index (χ4v) is 3.47. The van der Waals surface area contributed by atoms with Crippen LogP contribution < -0.4 is 10.1 Å². The number of carbonyl (C=O) groups excluding carboxylic acids is 2. The van der Waals surface area contributed by atoms with E-state index >= 15 is 0 Å². The Morgan fingerprint density at radius 3 is 2.10 bits per heavy atom. The molecule has 0 fully saturated rings. The van der Waals surface area contributed by atoms with Gasteiger partial charge in [-0.25, -0.2) is 4.79 Å². The van der Waals surface area contributed by atoms with Crippen molar-refractivity contribution in [3.8, 4) is 5.75 Å². The van der Waals surface area contributed by atoms with Crippen molar-refractivity contribution in [1.29, 1.82) is 0 Å². The molecule has 0 heterocycles. The van der Waals surface area contributed by atoms with Crippen LogP contribution in [-0.4, -0.2) is 37.3 Å². The minimum Gasteiger partial charge on any atom is -0.490 e. The lowest BCUT2D eigenvalue weighted by Crippen LogP contribution is -2.47. The maximum Gasteiger partial charge on any atom is 0.341 e. The van der Waals surface area contributed by atoms with E-state index in [1.165, 1.54) is 0 Å². The van der Waals surface area contributed by atoms with E-state index in [0.717, 1.165) is 6.42 Å². The first-order valence-electron chi connectivity index (χ1n) is 10.9. The summed E-state index contributed by atoms with van der Waals surface area (Å²) in [5, 5.41) is 2.95. The molecule has 1 amide bonds. The third kappa shape index (κ3) is 7.31. The lowest BCUT2D eigenvalue weighted by molar-refractivity contribution is -0.142. The highest BCUT2D eigenvalue weighted by Crippen LogP contribution is 2.31. The number of anilines is 1. The zero-order valence-electron chi connectivity index (χ0n) is 19.8. The summed E-state index contributed by atoms with van der Waals surface area (Å²) >= 11 is 0. The maximum atomic E-state index is 13.3. The highest BCUT2D eigenvalue weighted by Gasteiger charge is 2.39. The number of carbonyl (C=O) groups is 2. The predicted octanol–water partition coefficient (Wildman–Crippen LogP) is 5.46. The smallest absolute Gasteiger partial charge is 0.341 e. The van der Waals surface area contributed by atoms with Gasteiger partial charge >= 0.3 is 5.97 Å². The van der Waals surface area contributed by atoms with Gasteiger partial charge in [-0.3, -0.25) is 4.79 Å². The van der Waals surface area contributed by atoms with Gasteiger partial charge in [-0.1, -0.05) is 34.6 Å². The van der Waals surface area contributed by atoms with Gasteiger partial charge in [-0.05, 0) is 63.1 Å². The zero-order chi connectivity index (χ0) is 22.9. The quantitative estimate of drug-likeness (QED) is 0.454. The average Bonchev–Trinajstić information content (AvgIpc) is 2.67. The molecule has 0 saturated heterocycles. The van der Waals surface area contributed by atoms with Crippen molar-refractivity contribution in [3.05, 3.63) is 23.8 Å². The monoisotopic (exact) mass is 421 g/mol. The van der Waals surface area contributed by atoms with E-state index in [0.29, 0.717) is 29.8 Å². The summed E-state index contributed by atoms with van der Waals surface area (Å²) in [7, 11) is 1.58. The summed E-state index contributed by atoms with van der Waals surface area (Å²) in [5.41, 5.74) is -0.127. The Hall–Kier alpha value is -2.08. The molecule has 30 heavy (non-hydrogen) atoms. The number of rotatable bonds is 12. The zero-order valence-corrected chi connectivity index (χ0v) is 19.8. The Morgan fingerprint density at radius 1 is 1.03 bits per heavy atom. The van der Waals surface area contributed by atoms with Crippen LogP contribution in [0.25, 0.3) is 0 Å². The molecule has 0 aliphatic heterocycles. The van der Waals surface area contributed by atoms with Gasteiger partial charge in [-0.2, -0.15) is 0 Å². The first-order chi connectivity index (χ1) is 14.1. The number of hydrogen-bond donors (Lipinski definition) is 1. The highest BCUT2D eigenvalue weighted by atomic mass is 16.5. The van der Waals surface area contributed by atoms with E-state index < -0.39 is 11.6 Å². The second kappa shape index (κ2) is 11.9. The Morgan fingerprint density at radius 2 is 1.63 bits per heavy atom. The lowest BCUT2D eigenvalue weighted by Gasteiger charge is -2.34. The van der Waals surface area contributed by atoms with Crippen LogP contribution in [0.3, 0.4) is 0 Å². The number of benzene rings is 1. The van der Waals surface area contributed by atoms with Crippen LogP contribution in [0.2, 0.25) is 0 Å². The van der Waals surface area contributed by atoms with E-state index in [-0.39, 0.29) is 30.5 Å². The van der Waals surface area contributed by atoms with Crippen LogP contribution in [0.4, 0.5) is 5.69 Å². The van der Waals surface area contributed by atoms with Gasteiger partial charge in [0.2, 0.25) is 0 Å². The van der Waals surface area contributed by atoms with Crippen molar-refractivity contribution in [1.82, 2.24) is 0 Å². The third-order valence-electron chi connectivity index (χ3n) is 4.92. The van der Waals surface area contributed by atoms with Crippen LogP contribution >= 0.6 is 0 Å². The summed E-state index contributed by atoms with van der Waals surface area (Å²) in [6, 6.07) is 5.05. The minimum atomic E-state index is -0.932. The molecule has 0 unspecified atom stereocenters. The summed E-state index contributed by atoms with van der Waals surface area (Å²) in [5.74, 6) is 0.335. The van der Waals surface area contributed by atoms with Gasteiger partial charge in [0.1, 0.15) is 16.9 Å². The Bertz CT molecular complexity index is 689. The summed E-state index contributed by atoms with van der Waals surface area (Å²) in [4.78, 5) is 25.7. The van der Waals surface area contributed by atoms with Crippen molar-refractivity contribution in [2.24, 2.45) is 11.8 Å². The molecule has 0 aliphatic carbocycles.